The molecule has 20 heavy (non-hydrogen) atoms. The number of fused-ring (bicyclic) bond motifs is 1. The Morgan fingerprint density at radius 1 is 1.05 bits per heavy atom. The van der Waals surface area contributed by atoms with Crippen molar-refractivity contribution in [3.05, 3.63) is 65.2 Å². The Labute approximate surface area is 117 Å². The fourth-order valence-electron chi connectivity index (χ4n) is 2.40. The summed E-state index contributed by atoms with van der Waals surface area (Å²) in [5.41, 5.74) is 3.20. The first kappa shape index (κ1) is 12.7. The quantitative estimate of drug-likeness (QED) is 0.774. The molecular formula is C16H15N3O. The molecule has 2 heterocycles. The predicted molar refractivity (Wildman–Crippen MR) is 77.3 cm³/mol. The Balaban J connectivity index is 2.17. The average molecular weight is 265 g/mol. The fourth-order valence-corrected chi connectivity index (χ4v) is 2.40. The van der Waals surface area contributed by atoms with Gasteiger partial charge in [-0.3, -0.25) is 4.98 Å². The van der Waals surface area contributed by atoms with Gasteiger partial charge in [-0.05, 0) is 36.9 Å². The fraction of sp³-hybridized carbons (Fsp3) is 0.188. The number of aryl methyl sites for hydroxylation is 2. The summed E-state index contributed by atoms with van der Waals surface area (Å²) < 4.78 is 0. The van der Waals surface area contributed by atoms with Crippen LogP contribution in [0, 0.1) is 13.8 Å². The van der Waals surface area contributed by atoms with Gasteiger partial charge in [0.25, 0.3) is 0 Å². The number of aromatic nitrogens is 3. The van der Waals surface area contributed by atoms with E-state index in [1.54, 1.807) is 12.4 Å². The molecular weight excluding hydrogens is 250 g/mol. The lowest BCUT2D eigenvalue weighted by molar-refractivity contribution is 0.220. The zero-order valence-electron chi connectivity index (χ0n) is 11.4. The predicted octanol–water partition coefficient (Wildman–Crippen LogP) is 2.72. The molecule has 4 nitrogen and oxygen atoms in total. The zero-order chi connectivity index (χ0) is 14.1. The van der Waals surface area contributed by atoms with E-state index in [0.29, 0.717) is 0 Å². The molecule has 0 aliphatic heterocycles. The van der Waals surface area contributed by atoms with Crippen LogP contribution in [0.3, 0.4) is 0 Å². The summed E-state index contributed by atoms with van der Waals surface area (Å²) in [6.45, 7) is 3.73. The molecule has 0 spiro atoms. The second-order valence-electron chi connectivity index (χ2n) is 4.87. The van der Waals surface area contributed by atoms with Crippen LogP contribution in [0.25, 0.3) is 10.8 Å². The summed E-state index contributed by atoms with van der Waals surface area (Å²) >= 11 is 0. The molecule has 0 saturated heterocycles. The van der Waals surface area contributed by atoms with E-state index in [9.17, 15) is 5.11 Å². The monoisotopic (exact) mass is 265 g/mol. The number of hydrogen-bond donors (Lipinski definition) is 1. The van der Waals surface area contributed by atoms with E-state index in [1.807, 2.05) is 44.2 Å². The Morgan fingerprint density at radius 3 is 2.75 bits per heavy atom. The molecule has 0 fully saturated rings. The Bertz CT molecular complexity index is 765. The number of aliphatic hydroxyl groups is 1. The van der Waals surface area contributed by atoms with E-state index in [4.69, 9.17) is 0 Å². The van der Waals surface area contributed by atoms with E-state index >= 15 is 0 Å². The highest BCUT2D eigenvalue weighted by atomic mass is 16.3. The largest absolute Gasteiger partial charge is 0.384 e. The summed E-state index contributed by atoms with van der Waals surface area (Å²) in [6, 6.07) is 9.65. The van der Waals surface area contributed by atoms with Crippen molar-refractivity contribution < 1.29 is 5.11 Å². The highest BCUT2D eigenvalue weighted by molar-refractivity contribution is 5.85. The Morgan fingerprint density at radius 2 is 1.90 bits per heavy atom. The number of nitrogens with zero attached hydrogens (tertiary/aromatic N) is 3. The summed E-state index contributed by atoms with van der Waals surface area (Å²) in [5.74, 6) is 0. The highest BCUT2D eigenvalue weighted by Gasteiger charge is 2.16. The molecule has 0 radical (unpaired) electrons. The van der Waals surface area contributed by atoms with Gasteiger partial charge in [-0.15, -0.1) is 0 Å². The maximum absolute atomic E-state index is 10.7. The average Bonchev–Trinajstić information content (AvgIpc) is 2.48. The lowest BCUT2D eigenvalue weighted by Crippen LogP contribution is -2.06. The number of benzene rings is 1. The molecule has 0 aliphatic rings. The van der Waals surface area contributed by atoms with Crippen molar-refractivity contribution in [3.8, 4) is 0 Å². The molecule has 3 rings (SSSR count). The van der Waals surface area contributed by atoms with Crippen LogP contribution in [-0.4, -0.2) is 20.3 Å². The first-order chi connectivity index (χ1) is 9.66. The molecule has 1 N–H and O–H groups in total. The van der Waals surface area contributed by atoms with Gasteiger partial charge in [-0.1, -0.05) is 18.2 Å². The minimum absolute atomic E-state index is 0.713. The van der Waals surface area contributed by atoms with Crippen molar-refractivity contribution in [2.75, 3.05) is 0 Å². The highest BCUT2D eigenvalue weighted by Crippen LogP contribution is 2.29. The number of aliphatic hydroxyl groups excluding tert-OH is 1. The van der Waals surface area contributed by atoms with Gasteiger partial charge in [0.15, 0.2) is 0 Å². The molecule has 1 atom stereocenters. The molecule has 1 unspecified atom stereocenters. The van der Waals surface area contributed by atoms with Crippen LogP contribution >= 0.6 is 0 Å². The van der Waals surface area contributed by atoms with Gasteiger partial charge in [-0.2, -0.15) is 10.2 Å². The molecule has 3 aromatic rings. The second kappa shape index (κ2) is 4.98. The lowest BCUT2D eigenvalue weighted by Gasteiger charge is -2.15. The van der Waals surface area contributed by atoms with Crippen LogP contribution in [-0.2, 0) is 0 Å². The lowest BCUT2D eigenvalue weighted by atomic mass is 9.96. The first-order valence-electron chi connectivity index (χ1n) is 6.48. The minimum atomic E-state index is -0.713. The minimum Gasteiger partial charge on any atom is -0.384 e. The van der Waals surface area contributed by atoms with Gasteiger partial charge in [0.05, 0.1) is 11.4 Å². The van der Waals surface area contributed by atoms with Crippen molar-refractivity contribution in [3.63, 3.8) is 0 Å². The Hall–Kier alpha value is -2.33. The molecule has 100 valence electrons. The third-order valence-corrected chi connectivity index (χ3v) is 3.44. The van der Waals surface area contributed by atoms with Crippen LogP contribution in [0.4, 0.5) is 0 Å². The molecule has 1 aromatic carbocycles. The van der Waals surface area contributed by atoms with E-state index < -0.39 is 6.10 Å². The summed E-state index contributed by atoms with van der Waals surface area (Å²) in [4.78, 5) is 4.11. The third-order valence-electron chi connectivity index (χ3n) is 3.44. The van der Waals surface area contributed by atoms with E-state index in [2.05, 4.69) is 15.2 Å². The van der Waals surface area contributed by atoms with Crippen molar-refractivity contribution in [1.29, 1.82) is 0 Å². The van der Waals surface area contributed by atoms with Gasteiger partial charge in [0, 0.05) is 23.3 Å². The molecule has 0 bridgehead atoms. The maximum atomic E-state index is 10.7. The van der Waals surface area contributed by atoms with Gasteiger partial charge in [-0.25, -0.2) is 0 Å². The molecule has 2 aromatic heterocycles. The summed E-state index contributed by atoms with van der Waals surface area (Å²) in [5, 5.41) is 20.8. The van der Waals surface area contributed by atoms with Crippen molar-refractivity contribution in [1.82, 2.24) is 15.2 Å². The SMILES string of the molecule is Cc1cc(C(O)c2cccc3cnccc23)c(C)nn1. The number of pyridine rings is 1. The van der Waals surface area contributed by atoms with E-state index in [-0.39, 0.29) is 0 Å². The molecule has 0 amide bonds. The van der Waals surface area contributed by atoms with Crippen molar-refractivity contribution >= 4 is 10.8 Å². The number of rotatable bonds is 2. The van der Waals surface area contributed by atoms with Crippen LogP contribution in [0.2, 0.25) is 0 Å². The van der Waals surface area contributed by atoms with Crippen LogP contribution in [0.15, 0.2) is 42.7 Å². The van der Waals surface area contributed by atoms with Crippen LogP contribution < -0.4 is 0 Å². The van der Waals surface area contributed by atoms with E-state index in [1.165, 1.54) is 0 Å². The van der Waals surface area contributed by atoms with Gasteiger partial charge >= 0.3 is 0 Å². The molecule has 0 aliphatic carbocycles. The standard InChI is InChI=1S/C16H15N3O/c1-10-8-15(11(2)19-18-10)16(20)14-5-3-4-12-9-17-7-6-13(12)14/h3-9,16,20H,1-2H3. The van der Waals surface area contributed by atoms with Crippen LogP contribution in [0.5, 0.6) is 0 Å². The topological polar surface area (TPSA) is 58.9 Å². The van der Waals surface area contributed by atoms with Crippen LogP contribution in [0.1, 0.15) is 28.6 Å². The van der Waals surface area contributed by atoms with E-state index in [0.717, 1.165) is 33.3 Å². The normalized spacial score (nSPS) is 12.6. The zero-order valence-corrected chi connectivity index (χ0v) is 11.4. The summed E-state index contributed by atoms with van der Waals surface area (Å²) in [6.07, 6.45) is 2.82. The van der Waals surface area contributed by atoms with Gasteiger partial charge < -0.3 is 5.11 Å². The first-order valence-corrected chi connectivity index (χ1v) is 6.48. The van der Waals surface area contributed by atoms with Gasteiger partial charge in [0.1, 0.15) is 6.10 Å². The summed E-state index contributed by atoms with van der Waals surface area (Å²) in [7, 11) is 0. The van der Waals surface area contributed by atoms with Crippen molar-refractivity contribution in [2.24, 2.45) is 0 Å². The maximum Gasteiger partial charge on any atom is 0.107 e. The Kier molecular flexibility index (Phi) is 3.16. The molecule has 0 saturated carbocycles. The number of hydrogen-bond acceptors (Lipinski definition) is 4. The third kappa shape index (κ3) is 2.14. The van der Waals surface area contributed by atoms with Gasteiger partial charge in [0.2, 0.25) is 0 Å². The van der Waals surface area contributed by atoms with Crippen molar-refractivity contribution in [2.45, 2.75) is 20.0 Å². The smallest absolute Gasteiger partial charge is 0.107 e. The molecule has 4 heteroatoms. The second-order valence-corrected chi connectivity index (χ2v) is 4.87.